The monoisotopic (exact) mass is 224 g/mol. The minimum absolute atomic E-state index is 0.260. The highest BCUT2D eigenvalue weighted by molar-refractivity contribution is 5.38. The molecule has 0 amide bonds. The highest BCUT2D eigenvalue weighted by Crippen LogP contribution is 2.30. The van der Waals surface area contributed by atoms with E-state index in [1.54, 1.807) is 0 Å². The number of hydrogen-bond donors (Lipinski definition) is 6. The van der Waals surface area contributed by atoms with Gasteiger partial charge in [-0.2, -0.15) is 0 Å². The van der Waals surface area contributed by atoms with E-state index in [0.717, 1.165) is 0 Å². The Labute approximate surface area is 84.0 Å². The van der Waals surface area contributed by atoms with E-state index >= 15 is 0 Å². The number of carbonyl (C=O) groups excluding carboxylic acids is 1. The molecule has 2 unspecified atom stereocenters. The molecular weight excluding hydrogens is 212 g/mol. The van der Waals surface area contributed by atoms with E-state index in [0.29, 0.717) is 0 Å². The SMILES string of the molecule is O=COC1(O)[C@H](O)[C@H](O)C(O)[C@H](O)[C@H]1O. The Kier molecular flexibility index (Phi) is 3.28. The first kappa shape index (κ1) is 12.3. The third-order valence-electron chi connectivity index (χ3n) is 2.43. The normalized spacial score (nSPS) is 51.2. The molecule has 6 N–H and O–H groups in total. The van der Waals surface area contributed by atoms with E-state index in [1.165, 1.54) is 0 Å². The zero-order valence-electron chi connectivity index (χ0n) is 7.46. The zero-order valence-corrected chi connectivity index (χ0v) is 7.46. The number of aliphatic hydroxyl groups is 6. The summed E-state index contributed by atoms with van der Waals surface area (Å²) >= 11 is 0. The second kappa shape index (κ2) is 4.00. The lowest BCUT2D eigenvalue weighted by Gasteiger charge is -2.45. The fourth-order valence-corrected chi connectivity index (χ4v) is 1.46. The van der Waals surface area contributed by atoms with E-state index < -0.39 is 36.3 Å². The molecule has 0 heterocycles. The van der Waals surface area contributed by atoms with Crippen molar-refractivity contribution in [3.05, 3.63) is 0 Å². The summed E-state index contributed by atoms with van der Waals surface area (Å²) in [6.07, 6.45) is -10.0. The summed E-state index contributed by atoms with van der Waals surface area (Å²) in [4.78, 5) is 10.0. The molecule has 1 aliphatic rings. The maximum absolute atomic E-state index is 10.0. The Balaban J connectivity index is 3.00. The Bertz CT molecular complexity index is 227. The van der Waals surface area contributed by atoms with Gasteiger partial charge in [-0.1, -0.05) is 0 Å². The molecule has 88 valence electrons. The Morgan fingerprint density at radius 2 is 1.33 bits per heavy atom. The largest absolute Gasteiger partial charge is 0.429 e. The maximum atomic E-state index is 10.0. The topological polar surface area (TPSA) is 148 Å². The van der Waals surface area contributed by atoms with Gasteiger partial charge in [-0.25, -0.2) is 0 Å². The third-order valence-corrected chi connectivity index (χ3v) is 2.43. The van der Waals surface area contributed by atoms with Crippen molar-refractivity contribution in [1.29, 1.82) is 0 Å². The molecule has 1 rings (SSSR count). The van der Waals surface area contributed by atoms with Crippen molar-refractivity contribution >= 4 is 6.47 Å². The number of ether oxygens (including phenoxy) is 1. The fourth-order valence-electron chi connectivity index (χ4n) is 1.46. The molecule has 0 bridgehead atoms. The Hall–Kier alpha value is -0.770. The van der Waals surface area contributed by atoms with Crippen LogP contribution in [0.2, 0.25) is 0 Å². The van der Waals surface area contributed by atoms with E-state index in [9.17, 15) is 20.1 Å². The first-order valence-corrected chi connectivity index (χ1v) is 4.10. The van der Waals surface area contributed by atoms with Crippen LogP contribution < -0.4 is 0 Å². The van der Waals surface area contributed by atoms with Crippen LogP contribution in [0.15, 0.2) is 0 Å². The number of aliphatic hydroxyl groups excluding tert-OH is 5. The van der Waals surface area contributed by atoms with Gasteiger partial charge in [-0.15, -0.1) is 0 Å². The van der Waals surface area contributed by atoms with Crippen molar-refractivity contribution < 1.29 is 40.2 Å². The van der Waals surface area contributed by atoms with Gasteiger partial charge >= 0.3 is 0 Å². The van der Waals surface area contributed by atoms with Gasteiger partial charge in [0, 0.05) is 0 Å². The molecule has 15 heavy (non-hydrogen) atoms. The number of hydrogen-bond acceptors (Lipinski definition) is 8. The molecule has 1 saturated carbocycles. The lowest BCUT2D eigenvalue weighted by atomic mass is 9.82. The standard InChI is InChI=1S/C7H12O8/c8-1-15-7(14)5(12)3(10)2(9)4(11)6(7)13/h1-6,9-14H/t2?,3-,4+,5-,6-,7?/m1/s1. The van der Waals surface area contributed by atoms with Crippen LogP contribution in [-0.4, -0.2) is 73.4 Å². The van der Waals surface area contributed by atoms with Crippen LogP contribution >= 0.6 is 0 Å². The van der Waals surface area contributed by atoms with Gasteiger partial charge in [-0.3, -0.25) is 4.79 Å². The molecule has 8 nitrogen and oxygen atoms in total. The molecule has 0 saturated heterocycles. The van der Waals surface area contributed by atoms with Crippen LogP contribution in [0.4, 0.5) is 0 Å². The second-order valence-electron chi connectivity index (χ2n) is 3.33. The summed E-state index contributed by atoms with van der Waals surface area (Å²) in [6, 6.07) is 0. The van der Waals surface area contributed by atoms with Gasteiger partial charge < -0.3 is 35.4 Å². The van der Waals surface area contributed by atoms with E-state index in [1.807, 2.05) is 0 Å². The molecule has 0 aliphatic heterocycles. The van der Waals surface area contributed by atoms with Gasteiger partial charge in [0.15, 0.2) is 12.2 Å². The average molecular weight is 224 g/mol. The van der Waals surface area contributed by atoms with Crippen LogP contribution in [0.3, 0.4) is 0 Å². The molecule has 0 aromatic carbocycles. The fraction of sp³-hybridized carbons (Fsp3) is 0.857. The quantitative estimate of drug-likeness (QED) is 0.204. The summed E-state index contributed by atoms with van der Waals surface area (Å²) < 4.78 is 4.03. The van der Waals surface area contributed by atoms with Gasteiger partial charge in [0.2, 0.25) is 0 Å². The molecule has 0 aromatic rings. The predicted octanol–water partition coefficient (Wildman–Crippen LogP) is -4.33. The second-order valence-corrected chi connectivity index (χ2v) is 3.33. The lowest BCUT2D eigenvalue weighted by molar-refractivity contribution is -0.343. The van der Waals surface area contributed by atoms with Crippen molar-refractivity contribution in [2.24, 2.45) is 0 Å². The van der Waals surface area contributed by atoms with E-state index in [2.05, 4.69) is 4.74 Å². The Morgan fingerprint density at radius 1 is 0.933 bits per heavy atom. The average Bonchev–Trinajstić information content (AvgIpc) is 2.22. The smallest absolute Gasteiger partial charge is 0.295 e. The first-order chi connectivity index (χ1) is 6.86. The van der Waals surface area contributed by atoms with Crippen LogP contribution in [0, 0.1) is 0 Å². The van der Waals surface area contributed by atoms with Crippen molar-refractivity contribution in [3.63, 3.8) is 0 Å². The van der Waals surface area contributed by atoms with Crippen molar-refractivity contribution in [2.45, 2.75) is 36.3 Å². The minimum atomic E-state index is -2.85. The van der Waals surface area contributed by atoms with E-state index in [-0.39, 0.29) is 6.47 Å². The van der Waals surface area contributed by atoms with Crippen LogP contribution in [0.5, 0.6) is 0 Å². The minimum Gasteiger partial charge on any atom is -0.429 e. The molecule has 1 aliphatic carbocycles. The molecule has 1 fully saturated rings. The highest BCUT2D eigenvalue weighted by atomic mass is 16.7. The van der Waals surface area contributed by atoms with Crippen LogP contribution in [0.1, 0.15) is 0 Å². The maximum Gasteiger partial charge on any atom is 0.295 e. The Morgan fingerprint density at radius 3 is 1.67 bits per heavy atom. The highest BCUT2D eigenvalue weighted by Gasteiger charge is 2.59. The predicted molar refractivity (Wildman–Crippen MR) is 42.1 cm³/mol. The first-order valence-electron chi connectivity index (χ1n) is 4.10. The molecule has 0 spiro atoms. The van der Waals surface area contributed by atoms with Crippen LogP contribution in [0.25, 0.3) is 0 Å². The van der Waals surface area contributed by atoms with E-state index in [4.69, 9.17) is 15.3 Å². The van der Waals surface area contributed by atoms with Gasteiger partial charge in [0.25, 0.3) is 12.3 Å². The summed E-state index contributed by atoms with van der Waals surface area (Å²) in [7, 11) is 0. The molecule has 0 radical (unpaired) electrons. The summed E-state index contributed by atoms with van der Waals surface area (Å²) in [5.74, 6) is -2.85. The molecule has 0 aromatic heterocycles. The van der Waals surface area contributed by atoms with Crippen LogP contribution in [-0.2, 0) is 9.53 Å². The molecule has 8 heteroatoms. The third kappa shape index (κ3) is 1.71. The van der Waals surface area contributed by atoms with Gasteiger partial charge in [-0.05, 0) is 0 Å². The lowest BCUT2D eigenvalue weighted by Crippen LogP contribution is -2.71. The summed E-state index contributed by atoms with van der Waals surface area (Å²) in [5, 5.41) is 55.5. The van der Waals surface area contributed by atoms with Crippen molar-refractivity contribution in [2.75, 3.05) is 0 Å². The van der Waals surface area contributed by atoms with Gasteiger partial charge in [0.1, 0.15) is 18.3 Å². The number of rotatable bonds is 2. The van der Waals surface area contributed by atoms with Gasteiger partial charge in [0.05, 0.1) is 0 Å². The summed E-state index contributed by atoms with van der Waals surface area (Å²) in [5.41, 5.74) is 0. The number of carbonyl (C=O) groups is 1. The summed E-state index contributed by atoms with van der Waals surface area (Å²) in [6.45, 7) is -0.260. The zero-order chi connectivity index (χ0) is 11.8. The van der Waals surface area contributed by atoms with Crippen molar-refractivity contribution in [3.8, 4) is 0 Å². The van der Waals surface area contributed by atoms with Crippen molar-refractivity contribution in [1.82, 2.24) is 0 Å². The molecular formula is C7H12O8. The molecule has 6 atom stereocenters.